The van der Waals surface area contributed by atoms with Gasteiger partial charge < -0.3 is 9.80 Å². The Morgan fingerprint density at radius 1 is 0.769 bits per heavy atom. The van der Waals surface area contributed by atoms with Gasteiger partial charge in [-0.1, -0.05) is 72.8 Å². The molecule has 0 aliphatic carbocycles. The van der Waals surface area contributed by atoms with Gasteiger partial charge in [0, 0.05) is 18.7 Å². The first-order valence-corrected chi connectivity index (χ1v) is 14.6. The molecule has 2 heterocycles. The maximum atomic E-state index is 13.8. The zero-order valence-electron chi connectivity index (χ0n) is 21.7. The van der Waals surface area contributed by atoms with Crippen molar-refractivity contribution in [1.29, 1.82) is 0 Å². The van der Waals surface area contributed by atoms with Gasteiger partial charge in [0.2, 0.25) is 0 Å². The van der Waals surface area contributed by atoms with Crippen molar-refractivity contribution in [1.82, 2.24) is 4.90 Å². The monoisotopic (exact) mass is 534 g/mol. The third-order valence-corrected chi connectivity index (χ3v) is 9.21. The number of anilines is 1. The number of piperidine rings is 1. The van der Waals surface area contributed by atoms with Crippen molar-refractivity contribution < 1.29 is 13.8 Å². The van der Waals surface area contributed by atoms with E-state index in [1.54, 1.807) is 47.4 Å². The number of rotatable bonds is 5. The van der Waals surface area contributed by atoms with Crippen LogP contribution in [0.4, 0.5) is 5.69 Å². The Morgan fingerprint density at radius 3 is 2.13 bits per heavy atom. The smallest absolute Gasteiger partial charge is 0.259 e. The van der Waals surface area contributed by atoms with E-state index in [1.807, 2.05) is 41.3 Å². The van der Waals surface area contributed by atoms with Crippen molar-refractivity contribution >= 4 is 28.3 Å². The van der Waals surface area contributed by atoms with Crippen LogP contribution in [0.2, 0.25) is 0 Å². The normalized spacial score (nSPS) is 17.3. The summed E-state index contributed by atoms with van der Waals surface area (Å²) in [5.74, 6) is 0.298. The van der Waals surface area contributed by atoms with Gasteiger partial charge in [0.05, 0.1) is 38.4 Å². The summed E-state index contributed by atoms with van der Waals surface area (Å²) in [6.07, 6.45) is 2.96. The van der Waals surface area contributed by atoms with Gasteiger partial charge >= 0.3 is 0 Å². The van der Waals surface area contributed by atoms with E-state index in [-0.39, 0.29) is 11.8 Å². The summed E-state index contributed by atoms with van der Waals surface area (Å²) in [4.78, 5) is 32.1. The van der Waals surface area contributed by atoms with Crippen LogP contribution in [0.1, 0.15) is 44.7 Å². The number of likely N-dealkylation sites (tertiary alicyclic amines) is 1. The second-order valence-electron chi connectivity index (χ2n) is 10.2. The highest BCUT2D eigenvalue weighted by Gasteiger charge is 2.32. The van der Waals surface area contributed by atoms with Crippen molar-refractivity contribution in [2.75, 3.05) is 18.0 Å². The summed E-state index contributed by atoms with van der Waals surface area (Å²) in [6.45, 7) is 1.73. The van der Waals surface area contributed by atoms with Gasteiger partial charge in [-0.05, 0) is 66.6 Å². The quantitative estimate of drug-likeness (QED) is 0.311. The molecule has 0 aromatic heterocycles. The van der Waals surface area contributed by atoms with Crippen molar-refractivity contribution in [3.05, 3.63) is 125 Å². The number of nitrogens with zero attached hydrogens (tertiary/aromatic N) is 2. The van der Waals surface area contributed by atoms with E-state index in [9.17, 15) is 13.8 Å². The third-order valence-electron chi connectivity index (χ3n) is 7.71. The Balaban J connectivity index is 1.28. The Morgan fingerprint density at radius 2 is 1.41 bits per heavy atom. The molecule has 1 fully saturated rings. The first-order chi connectivity index (χ1) is 19.1. The average Bonchev–Trinajstić information content (AvgIpc) is 3.07. The fourth-order valence-electron chi connectivity index (χ4n) is 5.59. The van der Waals surface area contributed by atoms with Crippen LogP contribution in [-0.2, 0) is 23.8 Å². The lowest BCUT2D eigenvalue weighted by Crippen LogP contribution is -2.39. The number of carbonyl (C=O) groups excluding carboxylic acids is 2. The lowest BCUT2D eigenvalue weighted by molar-refractivity contribution is 0.0690. The highest BCUT2D eigenvalue weighted by molar-refractivity contribution is 7.85. The summed E-state index contributed by atoms with van der Waals surface area (Å²) < 4.78 is 13.7. The van der Waals surface area contributed by atoms with E-state index in [4.69, 9.17) is 0 Å². The molecule has 0 bridgehead atoms. The van der Waals surface area contributed by atoms with E-state index in [1.165, 1.54) is 5.56 Å². The molecule has 1 saturated heterocycles. The zero-order valence-corrected chi connectivity index (χ0v) is 22.5. The maximum Gasteiger partial charge on any atom is 0.259 e. The third kappa shape index (κ3) is 5.17. The number of benzene rings is 4. The minimum atomic E-state index is -1.54. The van der Waals surface area contributed by atoms with Gasteiger partial charge in [-0.25, -0.2) is 4.21 Å². The molecule has 1 atom stereocenters. The minimum Gasteiger partial charge on any atom is -0.339 e. The molecule has 0 unspecified atom stereocenters. The van der Waals surface area contributed by atoms with Crippen LogP contribution in [0.3, 0.4) is 0 Å². The van der Waals surface area contributed by atoms with E-state index in [0.717, 1.165) is 24.8 Å². The fraction of sp³-hybridized carbons (Fsp3) is 0.212. The molecule has 0 saturated carbocycles. The lowest BCUT2D eigenvalue weighted by atomic mass is 9.90. The Kier molecular flexibility index (Phi) is 7.12. The zero-order chi connectivity index (χ0) is 26.8. The second-order valence-corrected chi connectivity index (χ2v) is 11.7. The predicted molar refractivity (Wildman–Crippen MR) is 153 cm³/mol. The molecule has 4 aromatic rings. The molecule has 6 heteroatoms. The van der Waals surface area contributed by atoms with Crippen LogP contribution >= 0.6 is 0 Å². The van der Waals surface area contributed by atoms with Gasteiger partial charge in [0.25, 0.3) is 11.8 Å². The molecule has 0 radical (unpaired) electrons. The topological polar surface area (TPSA) is 57.7 Å². The Labute approximate surface area is 231 Å². The van der Waals surface area contributed by atoms with Crippen LogP contribution < -0.4 is 4.90 Å². The summed E-state index contributed by atoms with van der Waals surface area (Å²) >= 11 is 0. The average molecular weight is 535 g/mol. The van der Waals surface area contributed by atoms with Crippen molar-refractivity contribution in [2.24, 2.45) is 5.92 Å². The number of carbonyl (C=O) groups is 2. The molecule has 2 amide bonds. The van der Waals surface area contributed by atoms with Gasteiger partial charge in [-0.3, -0.25) is 9.59 Å². The molecule has 2 aliphatic rings. The Bertz CT molecular complexity index is 1530. The van der Waals surface area contributed by atoms with E-state index in [0.29, 0.717) is 52.2 Å². The largest absolute Gasteiger partial charge is 0.339 e. The molecule has 5 nitrogen and oxygen atoms in total. The molecule has 0 N–H and O–H groups in total. The van der Waals surface area contributed by atoms with Gasteiger partial charge in [0.1, 0.15) is 0 Å². The number of fused-ring (bicyclic) bond motifs is 2. The van der Waals surface area contributed by atoms with Crippen molar-refractivity contribution in [3.63, 3.8) is 0 Å². The first kappa shape index (κ1) is 25.3. The Hall–Kier alpha value is -4.03. The van der Waals surface area contributed by atoms with E-state index >= 15 is 0 Å². The fourth-order valence-corrected chi connectivity index (χ4v) is 6.93. The summed E-state index contributed by atoms with van der Waals surface area (Å²) in [5, 5.41) is 0. The molecule has 6 rings (SSSR count). The summed E-state index contributed by atoms with van der Waals surface area (Å²) in [5.41, 5.74) is 3.77. The SMILES string of the molecule is O=C(c1ccc2c(c1)N(Cc1ccccc1)C(=O)c1ccccc1[S@]2=O)N1CCC(Cc2ccccc2)CC1. The molecule has 0 spiro atoms. The lowest BCUT2D eigenvalue weighted by Gasteiger charge is -2.32. The molecule has 2 aliphatic heterocycles. The molecule has 196 valence electrons. The molecule has 39 heavy (non-hydrogen) atoms. The number of hydrogen-bond donors (Lipinski definition) is 0. The standard InChI is InChI=1S/C33H30N2O3S/c36-32(34-19-17-25(18-20-34)21-24-9-3-1-4-10-24)27-15-16-31-29(22-27)35(23-26-11-5-2-6-12-26)33(37)28-13-7-8-14-30(28)39(31)38/h1-16,22,25H,17-21,23H2/t39-/m1/s1. The van der Waals surface area contributed by atoms with E-state index in [2.05, 4.69) is 24.3 Å². The molecular formula is C33H30N2O3S. The second kappa shape index (κ2) is 11.0. The van der Waals surface area contributed by atoms with Gasteiger partial charge in [0.15, 0.2) is 0 Å². The molecule has 4 aromatic carbocycles. The highest BCUT2D eigenvalue weighted by atomic mass is 32.2. The first-order valence-electron chi connectivity index (χ1n) is 13.4. The van der Waals surface area contributed by atoms with Crippen molar-refractivity contribution in [2.45, 2.75) is 35.6 Å². The number of hydrogen-bond acceptors (Lipinski definition) is 3. The predicted octanol–water partition coefficient (Wildman–Crippen LogP) is 6.11. The van der Waals surface area contributed by atoms with Crippen LogP contribution in [0, 0.1) is 5.92 Å². The van der Waals surface area contributed by atoms with E-state index < -0.39 is 10.8 Å². The van der Waals surface area contributed by atoms with Crippen molar-refractivity contribution in [3.8, 4) is 0 Å². The summed E-state index contributed by atoms with van der Waals surface area (Å²) in [7, 11) is -1.54. The maximum absolute atomic E-state index is 13.8. The number of amides is 2. The van der Waals surface area contributed by atoms with Crippen LogP contribution in [0.25, 0.3) is 0 Å². The molecular weight excluding hydrogens is 504 g/mol. The minimum absolute atomic E-state index is 0.0457. The summed E-state index contributed by atoms with van der Waals surface area (Å²) in [6, 6.07) is 32.6. The highest BCUT2D eigenvalue weighted by Crippen LogP contribution is 2.36. The van der Waals surface area contributed by atoms with Gasteiger partial charge in [-0.15, -0.1) is 0 Å². The van der Waals surface area contributed by atoms with Crippen LogP contribution in [-0.4, -0.2) is 34.0 Å². The van der Waals surface area contributed by atoms with Crippen LogP contribution in [0.15, 0.2) is 113 Å². The van der Waals surface area contributed by atoms with Crippen LogP contribution in [0.5, 0.6) is 0 Å². The van der Waals surface area contributed by atoms with Gasteiger partial charge in [-0.2, -0.15) is 0 Å².